The van der Waals surface area contributed by atoms with Gasteiger partial charge in [0.1, 0.15) is 0 Å². The number of hydrogen-bond acceptors (Lipinski definition) is 5. The Morgan fingerprint density at radius 2 is 1.92 bits per heavy atom. The van der Waals surface area contributed by atoms with Gasteiger partial charge in [-0.25, -0.2) is 0 Å². The van der Waals surface area contributed by atoms with Crippen LogP contribution in [0.1, 0.15) is 29.0 Å². The van der Waals surface area contributed by atoms with E-state index in [1.54, 1.807) is 17.2 Å². The normalized spacial score (nSPS) is 27.0. The number of aryl methyl sites for hydroxylation is 1. The molecule has 4 rings (SSSR count). The van der Waals surface area contributed by atoms with E-state index in [2.05, 4.69) is 4.90 Å². The molecule has 4 heterocycles. The number of carbonyl (C=O) groups is 2. The number of hydrogen-bond donors (Lipinski definition) is 0. The maximum Gasteiger partial charge on any atom is 0.289 e. The first kappa shape index (κ1) is 17.5. The van der Waals surface area contributed by atoms with Gasteiger partial charge in [0.2, 0.25) is 5.91 Å². The standard InChI is InChI=1S/C19H27N3O4/c1-15-2-11-26-16(15)17(23)22-6-4-19(14-22)3-5-21(18(19)24)8-7-20-9-12-25-13-10-20/h2,11H,3-10,12-14H2,1H3. The van der Waals surface area contributed by atoms with Crippen LogP contribution >= 0.6 is 0 Å². The largest absolute Gasteiger partial charge is 0.459 e. The van der Waals surface area contributed by atoms with Gasteiger partial charge in [-0.1, -0.05) is 0 Å². The minimum Gasteiger partial charge on any atom is -0.459 e. The van der Waals surface area contributed by atoms with Gasteiger partial charge in [-0.3, -0.25) is 14.5 Å². The summed E-state index contributed by atoms with van der Waals surface area (Å²) in [5.41, 5.74) is 0.460. The van der Waals surface area contributed by atoms with Crippen molar-refractivity contribution < 1.29 is 18.7 Å². The zero-order chi connectivity index (χ0) is 18.1. The van der Waals surface area contributed by atoms with Gasteiger partial charge in [-0.15, -0.1) is 0 Å². The number of furan rings is 1. The average molecular weight is 361 g/mol. The van der Waals surface area contributed by atoms with Crippen LogP contribution in [0, 0.1) is 12.3 Å². The number of likely N-dealkylation sites (tertiary alicyclic amines) is 2. The highest BCUT2D eigenvalue weighted by molar-refractivity contribution is 5.94. The first-order valence-electron chi connectivity index (χ1n) is 9.52. The summed E-state index contributed by atoms with van der Waals surface area (Å²) in [7, 11) is 0. The summed E-state index contributed by atoms with van der Waals surface area (Å²) >= 11 is 0. The Morgan fingerprint density at radius 1 is 1.15 bits per heavy atom. The Kier molecular flexibility index (Phi) is 4.75. The summed E-state index contributed by atoms with van der Waals surface area (Å²) in [5.74, 6) is 0.526. The van der Waals surface area contributed by atoms with Crippen LogP contribution in [-0.4, -0.2) is 85.5 Å². The van der Waals surface area contributed by atoms with Gasteiger partial charge in [-0.2, -0.15) is 0 Å². The molecule has 142 valence electrons. The summed E-state index contributed by atoms with van der Waals surface area (Å²) < 4.78 is 10.7. The maximum atomic E-state index is 13.0. The van der Waals surface area contributed by atoms with Crippen LogP contribution in [0.25, 0.3) is 0 Å². The van der Waals surface area contributed by atoms with E-state index in [0.29, 0.717) is 18.8 Å². The number of ether oxygens (including phenoxy) is 1. The van der Waals surface area contributed by atoms with Crippen molar-refractivity contribution in [3.63, 3.8) is 0 Å². The second kappa shape index (κ2) is 7.04. The van der Waals surface area contributed by atoms with Gasteiger partial charge in [-0.05, 0) is 25.8 Å². The van der Waals surface area contributed by atoms with E-state index in [9.17, 15) is 9.59 Å². The third-order valence-electron chi connectivity index (χ3n) is 6.09. The Hall–Kier alpha value is -1.86. The molecule has 0 aliphatic carbocycles. The van der Waals surface area contributed by atoms with Crippen LogP contribution in [0.5, 0.6) is 0 Å². The number of amides is 2. The van der Waals surface area contributed by atoms with Crippen LogP contribution in [0.3, 0.4) is 0 Å². The summed E-state index contributed by atoms with van der Waals surface area (Å²) in [4.78, 5) is 31.9. The highest BCUT2D eigenvalue weighted by Crippen LogP contribution is 2.41. The van der Waals surface area contributed by atoms with Crippen molar-refractivity contribution in [2.24, 2.45) is 5.41 Å². The van der Waals surface area contributed by atoms with Gasteiger partial charge in [0.25, 0.3) is 5.91 Å². The van der Waals surface area contributed by atoms with E-state index < -0.39 is 0 Å². The lowest BCUT2D eigenvalue weighted by Crippen LogP contribution is -2.43. The highest BCUT2D eigenvalue weighted by Gasteiger charge is 2.51. The van der Waals surface area contributed by atoms with Crippen LogP contribution in [0.15, 0.2) is 16.7 Å². The summed E-state index contributed by atoms with van der Waals surface area (Å²) in [6.45, 7) is 8.92. The Morgan fingerprint density at radius 3 is 2.65 bits per heavy atom. The molecule has 3 fully saturated rings. The second-order valence-corrected chi connectivity index (χ2v) is 7.69. The SMILES string of the molecule is Cc1ccoc1C(=O)N1CCC2(CCN(CCN3CCOCC3)C2=O)C1. The van der Waals surface area contributed by atoms with E-state index in [1.165, 1.54) is 0 Å². The first-order chi connectivity index (χ1) is 12.6. The molecule has 0 radical (unpaired) electrons. The van der Waals surface area contributed by atoms with E-state index in [1.807, 2.05) is 11.8 Å². The zero-order valence-corrected chi connectivity index (χ0v) is 15.4. The highest BCUT2D eigenvalue weighted by atomic mass is 16.5. The molecule has 1 unspecified atom stereocenters. The summed E-state index contributed by atoms with van der Waals surface area (Å²) in [6, 6.07) is 1.80. The van der Waals surface area contributed by atoms with Crippen molar-refractivity contribution in [1.82, 2.24) is 14.7 Å². The third kappa shape index (κ3) is 3.14. The van der Waals surface area contributed by atoms with Crippen LogP contribution < -0.4 is 0 Å². The number of morpholine rings is 1. The van der Waals surface area contributed by atoms with Crippen molar-refractivity contribution in [2.75, 3.05) is 59.0 Å². The van der Waals surface area contributed by atoms with E-state index in [-0.39, 0.29) is 17.2 Å². The molecule has 7 heteroatoms. The molecule has 7 nitrogen and oxygen atoms in total. The molecule has 3 aliphatic rings. The molecular formula is C19H27N3O4. The predicted molar refractivity (Wildman–Crippen MR) is 94.9 cm³/mol. The van der Waals surface area contributed by atoms with Crippen molar-refractivity contribution in [3.05, 3.63) is 23.7 Å². The molecule has 2 amide bonds. The van der Waals surface area contributed by atoms with Gasteiger partial charge >= 0.3 is 0 Å². The van der Waals surface area contributed by atoms with Crippen molar-refractivity contribution >= 4 is 11.8 Å². The molecule has 1 atom stereocenters. The van der Waals surface area contributed by atoms with Crippen LogP contribution in [0.2, 0.25) is 0 Å². The molecular weight excluding hydrogens is 334 g/mol. The fourth-order valence-corrected chi connectivity index (χ4v) is 4.35. The fourth-order valence-electron chi connectivity index (χ4n) is 4.35. The number of nitrogens with zero attached hydrogens (tertiary/aromatic N) is 3. The minimum absolute atomic E-state index is 0.0936. The predicted octanol–water partition coefficient (Wildman–Crippen LogP) is 0.985. The molecule has 0 bridgehead atoms. The molecule has 1 aromatic heterocycles. The lowest BCUT2D eigenvalue weighted by Gasteiger charge is -2.29. The molecule has 1 aromatic rings. The maximum absolute atomic E-state index is 13.0. The average Bonchev–Trinajstić information content (AvgIpc) is 3.36. The van der Waals surface area contributed by atoms with E-state index in [4.69, 9.17) is 9.15 Å². The monoisotopic (exact) mass is 361 g/mol. The molecule has 3 saturated heterocycles. The number of carbonyl (C=O) groups excluding carboxylic acids is 2. The summed E-state index contributed by atoms with van der Waals surface area (Å²) in [5, 5.41) is 0. The minimum atomic E-state index is -0.388. The molecule has 3 aliphatic heterocycles. The second-order valence-electron chi connectivity index (χ2n) is 7.69. The molecule has 1 spiro atoms. The van der Waals surface area contributed by atoms with Crippen molar-refractivity contribution in [1.29, 1.82) is 0 Å². The third-order valence-corrected chi connectivity index (χ3v) is 6.09. The molecule has 0 saturated carbocycles. The van der Waals surface area contributed by atoms with Crippen LogP contribution in [-0.2, 0) is 9.53 Å². The Bertz CT molecular complexity index is 682. The molecule has 0 aromatic carbocycles. The lowest BCUT2D eigenvalue weighted by molar-refractivity contribution is -0.135. The zero-order valence-electron chi connectivity index (χ0n) is 15.4. The first-order valence-corrected chi connectivity index (χ1v) is 9.52. The van der Waals surface area contributed by atoms with Crippen LogP contribution in [0.4, 0.5) is 0 Å². The van der Waals surface area contributed by atoms with E-state index >= 15 is 0 Å². The molecule has 0 N–H and O–H groups in total. The van der Waals surface area contributed by atoms with Gasteiger partial charge in [0, 0.05) is 51.4 Å². The molecule has 26 heavy (non-hydrogen) atoms. The Labute approximate surface area is 153 Å². The Balaban J connectivity index is 1.35. The topological polar surface area (TPSA) is 66.2 Å². The van der Waals surface area contributed by atoms with Gasteiger partial charge < -0.3 is 19.0 Å². The lowest BCUT2D eigenvalue weighted by atomic mass is 9.85. The number of rotatable bonds is 4. The van der Waals surface area contributed by atoms with Crippen molar-refractivity contribution in [3.8, 4) is 0 Å². The smallest absolute Gasteiger partial charge is 0.289 e. The van der Waals surface area contributed by atoms with Crippen molar-refractivity contribution in [2.45, 2.75) is 19.8 Å². The van der Waals surface area contributed by atoms with Gasteiger partial charge in [0.15, 0.2) is 5.76 Å². The van der Waals surface area contributed by atoms with Gasteiger partial charge in [0.05, 0.1) is 24.9 Å². The quantitative estimate of drug-likeness (QED) is 0.800. The van der Waals surface area contributed by atoms with E-state index in [0.717, 1.165) is 64.3 Å². The fraction of sp³-hybridized carbons (Fsp3) is 0.684. The summed E-state index contributed by atoms with van der Waals surface area (Å²) in [6.07, 6.45) is 3.14.